The van der Waals surface area contributed by atoms with Gasteiger partial charge < -0.3 is 5.32 Å². The van der Waals surface area contributed by atoms with Crippen LogP contribution in [0.25, 0.3) is 0 Å². The molecule has 1 unspecified atom stereocenters. The largest absolute Gasteiger partial charge is 0.325 e. The smallest absolute Gasteiger partial charge is 0.243 e. The fourth-order valence-corrected chi connectivity index (χ4v) is 6.52. The lowest BCUT2D eigenvalue weighted by molar-refractivity contribution is -0.120. The number of rotatable bonds is 7. The maximum atomic E-state index is 13.1. The average molecular weight is 515 g/mol. The van der Waals surface area contributed by atoms with E-state index in [2.05, 4.69) is 5.32 Å². The van der Waals surface area contributed by atoms with Crippen LogP contribution in [-0.2, 0) is 20.6 Å². The van der Waals surface area contributed by atoms with Crippen LogP contribution in [0.2, 0.25) is 5.02 Å². The summed E-state index contributed by atoms with van der Waals surface area (Å²) in [5.41, 5.74) is 2.88. The molecule has 1 heterocycles. The van der Waals surface area contributed by atoms with Crippen LogP contribution in [0.3, 0.4) is 0 Å². The number of halogens is 1. The van der Waals surface area contributed by atoms with Crippen molar-refractivity contribution in [1.29, 1.82) is 0 Å². The van der Waals surface area contributed by atoms with E-state index in [9.17, 15) is 13.2 Å². The van der Waals surface area contributed by atoms with Crippen molar-refractivity contribution in [2.75, 3.05) is 18.4 Å². The van der Waals surface area contributed by atoms with Gasteiger partial charge in [0.25, 0.3) is 0 Å². The van der Waals surface area contributed by atoms with Gasteiger partial charge in [0.1, 0.15) is 0 Å². The van der Waals surface area contributed by atoms with Gasteiger partial charge in [-0.1, -0.05) is 53.6 Å². The number of para-hydroxylation sites is 1. The highest BCUT2D eigenvalue weighted by Gasteiger charge is 2.33. The minimum atomic E-state index is -3.63. The number of aryl methyl sites for hydroxylation is 1. The van der Waals surface area contributed by atoms with E-state index >= 15 is 0 Å². The second-order valence-electron chi connectivity index (χ2n) is 8.42. The Bertz CT molecular complexity index is 1250. The summed E-state index contributed by atoms with van der Waals surface area (Å²) in [7, 11) is -3.63. The highest BCUT2D eigenvalue weighted by molar-refractivity contribution is 7.98. The number of amides is 1. The second kappa shape index (κ2) is 11.0. The van der Waals surface area contributed by atoms with Crippen molar-refractivity contribution in [2.45, 2.75) is 35.3 Å². The third-order valence-electron chi connectivity index (χ3n) is 5.87. The molecule has 1 aliphatic heterocycles. The van der Waals surface area contributed by atoms with Crippen LogP contribution >= 0.6 is 23.4 Å². The molecule has 1 N–H and O–H groups in total. The van der Waals surface area contributed by atoms with Crippen LogP contribution < -0.4 is 5.32 Å². The van der Waals surface area contributed by atoms with Crippen molar-refractivity contribution < 1.29 is 13.2 Å². The predicted molar refractivity (Wildman–Crippen MR) is 139 cm³/mol. The van der Waals surface area contributed by atoms with Gasteiger partial charge in [-0.25, -0.2) is 8.42 Å². The Morgan fingerprint density at radius 2 is 1.76 bits per heavy atom. The molecule has 3 aromatic carbocycles. The highest BCUT2D eigenvalue weighted by Crippen LogP contribution is 2.31. The number of piperidine rings is 1. The maximum Gasteiger partial charge on any atom is 0.243 e. The predicted octanol–water partition coefficient (Wildman–Crippen LogP) is 5.98. The molecule has 1 saturated heterocycles. The summed E-state index contributed by atoms with van der Waals surface area (Å²) in [5, 5.41) is 3.74. The number of thioether (sulfide) groups is 1. The molecule has 0 spiro atoms. The number of sulfonamides is 1. The van der Waals surface area contributed by atoms with Gasteiger partial charge in [0.05, 0.1) is 16.5 Å². The monoisotopic (exact) mass is 514 g/mol. The van der Waals surface area contributed by atoms with E-state index in [1.54, 1.807) is 36.0 Å². The Kier molecular flexibility index (Phi) is 7.99. The summed E-state index contributed by atoms with van der Waals surface area (Å²) in [5.74, 6) is 0.197. The van der Waals surface area contributed by atoms with Crippen molar-refractivity contribution in [1.82, 2.24) is 4.31 Å². The standard InChI is InChI=1S/C26H27ClN2O3S2/c1-19-8-14-23(15-9-19)34(31,32)29-16-4-5-21(17-29)26(30)28-24-6-2-3-7-25(24)33-18-20-10-12-22(27)13-11-20/h2-3,6-15,21H,4-5,16-18H2,1H3,(H,28,30). The first-order valence-corrected chi connectivity index (χ1v) is 14.0. The number of carbonyl (C=O) groups is 1. The molecule has 4 rings (SSSR count). The highest BCUT2D eigenvalue weighted by atomic mass is 35.5. The summed E-state index contributed by atoms with van der Waals surface area (Å²) in [6.07, 6.45) is 1.31. The number of anilines is 1. The molecular weight excluding hydrogens is 488 g/mol. The number of benzene rings is 3. The molecule has 34 heavy (non-hydrogen) atoms. The van der Waals surface area contributed by atoms with Gasteiger partial charge in [-0.2, -0.15) is 4.31 Å². The third kappa shape index (κ3) is 6.02. The summed E-state index contributed by atoms with van der Waals surface area (Å²) in [4.78, 5) is 14.4. The van der Waals surface area contributed by atoms with E-state index in [0.717, 1.165) is 27.5 Å². The van der Waals surface area contributed by atoms with Crippen LogP contribution in [0.5, 0.6) is 0 Å². The van der Waals surface area contributed by atoms with E-state index in [-0.39, 0.29) is 17.3 Å². The zero-order valence-electron chi connectivity index (χ0n) is 18.9. The molecular formula is C26H27ClN2O3S2. The molecule has 0 aromatic heterocycles. The van der Waals surface area contributed by atoms with Gasteiger partial charge in [0.2, 0.25) is 15.9 Å². The van der Waals surface area contributed by atoms with Gasteiger partial charge in [-0.3, -0.25) is 4.79 Å². The topological polar surface area (TPSA) is 66.5 Å². The van der Waals surface area contributed by atoms with Gasteiger partial charge in [-0.05, 0) is 61.7 Å². The number of nitrogens with one attached hydrogen (secondary N) is 1. The minimum absolute atomic E-state index is 0.150. The Balaban J connectivity index is 1.42. The van der Waals surface area contributed by atoms with Gasteiger partial charge in [0, 0.05) is 28.8 Å². The molecule has 1 aliphatic rings. The molecule has 0 radical (unpaired) electrons. The van der Waals surface area contributed by atoms with E-state index in [1.807, 2.05) is 55.5 Å². The molecule has 5 nitrogen and oxygen atoms in total. The molecule has 0 aliphatic carbocycles. The van der Waals surface area contributed by atoms with Gasteiger partial charge in [-0.15, -0.1) is 11.8 Å². The first-order valence-electron chi connectivity index (χ1n) is 11.2. The minimum Gasteiger partial charge on any atom is -0.325 e. The Labute approximate surface area is 210 Å². The first-order chi connectivity index (χ1) is 16.3. The molecule has 1 amide bonds. The second-order valence-corrected chi connectivity index (χ2v) is 11.8. The summed E-state index contributed by atoms with van der Waals surface area (Å²) in [6, 6.07) is 22.2. The SMILES string of the molecule is Cc1ccc(S(=O)(=O)N2CCCC(C(=O)Nc3ccccc3SCc3ccc(Cl)cc3)C2)cc1. The zero-order chi connectivity index (χ0) is 24.1. The lowest BCUT2D eigenvalue weighted by atomic mass is 9.99. The van der Waals surface area contributed by atoms with Crippen LogP contribution in [-0.4, -0.2) is 31.7 Å². The number of hydrogen-bond acceptors (Lipinski definition) is 4. The average Bonchev–Trinajstić information content (AvgIpc) is 2.85. The first kappa shape index (κ1) is 24.8. The summed E-state index contributed by atoms with van der Waals surface area (Å²) < 4.78 is 27.6. The Hall–Kier alpha value is -2.32. The lowest BCUT2D eigenvalue weighted by Crippen LogP contribution is -2.43. The summed E-state index contributed by atoms with van der Waals surface area (Å²) >= 11 is 7.60. The van der Waals surface area contributed by atoms with Gasteiger partial charge >= 0.3 is 0 Å². The van der Waals surface area contributed by atoms with E-state index < -0.39 is 15.9 Å². The van der Waals surface area contributed by atoms with Gasteiger partial charge in [0.15, 0.2) is 0 Å². The van der Waals surface area contributed by atoms with Crippen molar-refractivity contribution in [3.63, 3.8) is 0 Å². The number of carbonyl (C=O) groups excluding carboxylic acids is 1. The third-order valence-corrected chi connectivity index (χ3v) is 9.14. The van der Waals surface area contributed by atoms with Crippen LogP contribution in [0.15, 0.2) is 82.6 Å². The van der Waals surface area contributed by atoms with E-state index in [0.29, 0.717) is 24.4 Å². The fourth-order valence-electron chi connectivity index (χ4n) is 3.91. The van der Waals surface area contributed by atoms with Crippen molar-refractivity contribution in [3.05, 3.63) is 88.9 Å². The molecule has 0 bridgehead atoms. The Morgan fingerprint density at radius 3 is 2.50 bits per heavy atom. The normalized spacial score (nSPS) is 16.8. The molecule has 3 aromatic rings. The number of hydrogen-bond donors (Lipinski definition) is 1. The molecule has 1 fully saturated rings. The molecule has 8 heteroatoms. The summed E-state index contributed by atoms with van der Waals surface area (Å²) in [6.45, 7) is 2.53. The molecule has 178 valence electrons. The van der Waals surface area contributed by atoms with Crippen LogP contribution in [0.1, 0.15) is 24.0 Å². The molecule has 0 saturated carbocycles. The lowest BCUT2D eigenvalue weighted by Gasteiger charge is -2.31. The van der Waals surface area contributed by atoms with E-state index in [1.165, 1.54) is 4.31 Å². The number of nitrogens with zero attached hydrogens (tertiary/aromatic N) is 1. The van der Waals surface area contributed by atoms with Crippen LogP contribution in [0.4, 0.5) is 5.69 Å². The fraction of sp³-hybridized carbons (Fsp3) is 0.269. The maximum absolute atomic E-state index is 13.1. The van der Waals surface area contributed by atoms with Crippen molar-refractivity contribution in [2.24, 2.45) is 5.92 Å². The van der Waals surface area contributed by atoms with Crippen molar-refractivity contribution in [3.8, 4) is 0 Å². The Morgan fingerprint density at radius 1 is 1.06 bits per heavy atom. The quantitative estimate of drug-likeness (QED) is 0.394. The van der Waals surface area contributed by atoms with Crippen LogP contribution in [0, 0.1) is 12.8 Å². The molecule has 1 atom stereocenters. The van der Waals surface area contributed by atoms with E-state index in [4.69, 9.17) is 11.6 Å². The van der Waals surface area contributed by atoms with Crippen molar-refractivity contribution >= 4 is 45.0 Å². The zero-order valence-corrected chi connectivity index (χ0v) is 21.3.